The summed E-state index contributed by atoms with van der Waals surface area (Å²) in [6, 6.07) is 18.9. The van der Waals surface area contributed by atoms with Crippen LogP contribution >= 0.6 is 0 Å². The average molecular weight is 494 g/mol. The van der Waals surface area contributed by atoms with Crippen LogP contribution in [-0.4, -0.2) is 54.0 Å². The lowest BCUT2D eigenvalue weighted by molar-refractivity contribution is -0.155. The summed E-state index contributed by atoms with van der Waals surface area (Å²) in [5.41, 5.74) is 3.54. The maximum absolute atomic E-state index is 12.8. The number of tetrazole rings is 1. The first-order valence-electron chi connectivity index (χ1n) is 10.6. The van der Waals surface area contributed by atoms with Crippen LogP contribution < -0.4 is 4.74 Å². The van der Waals surface area contributed by atoms with Gasteiger partial charge in [-0.25, -0.2) is 9.89 Å². The van der Waals surface area contributed by atoms with Crippen molar-refractivity contribution in [2.24, 2.45) is 0 Å². The van der Waals surface area contributed by atoms with Gasteiger partial charge in [-0.1, -0.05) is 54.6 Å². The lowest BCUT2D eigenvalue weighted by Gasteiger charge is -2.13. The molecule has 0 spiro atoms. The second-order valence-corrected chi connectivity index (χ2v) is 7.86. The molecule has 0 unspecified atom stereocenters. The van der Waals surface area contributed by atoms with Crippen molar-refractivity contribution in [1.29, 1.82) is 0 Å². The summed E-state index contributed by atoms with van der Waals surface area (Å²) in [5.74, 6) is -0.717. The highest BCUT2D eigenvalue weighted by Crippen LogP contribution is 2.31. The van der Waals surface area contributed by atoms with Gasteiger partial charge in [0, 0.05) is 5.56 Å². The fourth-order valence-electron chi connectivity index (χ4n) is 3.93. The molecule has 0 saturated heterocycles. The van der Waals surface area contributed by atoms with E-state index in [0.29, 0.717) is 11.4 Å². The molecule has 0 atom stereocenters. The third-order valence-electron chi connectivity index (χ3n) is 5.46. The first-order valence-corrected chi connectivity index (χ1v) is 10.6. The molecule has 0 aliphatic heterocycles. The van der Waals surface area contributed by atoms with Gasteiger partial charge in [0.05, 0.1) is 23.1 Å². The van der Waals surface area contributed by atoms with Crippen molar-refractivity contribution in [3.63, 3.8) is 0 Å². The van der Waals surface area contributed by atoms with E-state index in [9.17, 15) is 23.1 Å². The van der Waals surface area contributed by atoms with Crippen molar-refractivity contribution in [3.05, 3.63) is 77.9 Å². The van der Waals surface area contributed by atoms with E-state index in [1.807, 2.05) is 36.4 Å². The summed E-state index contributed by atoms with van der Waals surface area (Å²) in [5, 5.41) is 23.6. The number of carbonyl (C=O) groups is 1. The SMILES string of the molecule is O=C(O)c1cccc2nc(OCC(F)(F)F)n(Cc3ccc(-c4ccccc4-c4nnn[nH]4)cc3)c12. The van der Waals surface area contributed by atoms with E-state index < -0.39 is 18.8 Å². The topological polar surface area (TPSA) is 119 Å². The molecule has 36 heavy (non-hydrogen) atoms. The number of aromatic carboxylic acids is 1. The molecule has 0 bridgehead atoms. The molecule has 12 heteroatoms. The van der Waals surface area contributed by atoms with Gasteiger partial charge < -0.3 is 9.84 Å². The Bertz CT molecular complexity index is 1530. The first-order chi connectivity index (χ1) is 17.3. The molecule has 9 nitrogen and oxygen atoms in total. The van der Waals surface area contributed by atoms with Crippen LogP contribution in [0.3, 0.4) is 0 Å². The van der Waals surface area contributed by atoms with E-state index >= 15 is 0 Å². The zero-order valence-corrected chi connectivity index (χ0v) is 18.4. The van der Waals surface area contributed by atoms with Gasteiger partial charge in [0.25, 0.3) is 6.01 Å². The number of fused-ring (bicyclic) bond motifs is 1. The smallest absolute Gasteiger partial charge is 0.422 e. The summed E-state index contributed by atoms with van der Waals surface area (Å²) in [6.45, 7) is -1.51. The van der Waals surface area contributed by atoms with E-state index in [1.54, 1.807) is 12.1 Å². The minimum atomic E-state index is -4.58. The van der Waals surface area contributed by atoms with Crippen molar-refractivity contribution in [1.82, 2.24) is 30.2 Å². The third kappa shape index (κ3) is 4.60. The number of rotatable bonds is 7. The highest BCUT2D eigenvalue weighted by atomic mass is 19.4. The number of nitrogens with zero attached hydrogens (tertiary/aromatic N) is 5. The zero-order chi connectivity index (χ0) is 25.3. The van der Waals surface area contributed by atoms with Gasteiger partial charge in [-0.2, -0.15) is 18.2 Å². The molecule has 2 aromatic heterocycles. The number of aromatic nitrogens is 6. The number of imidazole rings is 1. The van der Waals surface area contributed by atoms with Crippen molar-refractivity contribution in [2.45, 2.75) is 12.7 Å². The summed E-state index contributed by atoms with van der Waals surface area (Å²) in [7, 11) is 0. The van der Waals surface area contributed by atoms with Crippen molar-refractivity contribution in [2.75, 3.05) is 6.61 Å². The van der Waals surface area contributed by atoms with Gasteiger partial charge in [0.2, 0.25) is 0 Å². The molecule has 5 rings (SSSR count). The van der Waals surface area contributed by atoms with Crippen LogP contribution in [0.4, 0.5) is 13.2 Å². The Labute approximate surface area is 201 Å². The van der Waals surface area contributed by atoms with Crippen LogP contribution in [0.25, 0.3) is 33.5 Å². The Kier molecular flexibility index (Phi) is 5.84. The number of alkyl halides is 3. The minimum Gasteiger partial charge on any atom is -0.478 e. The molecule has 3 aromatic carbocycles. The van der Waals surface area contributed by atoms with Crippen LogP contribution in [0.15, 0.2) is 66.7 Å². The summed E-state index contributed by atoms with van der Waals surface area (Å²) >= 11 is 0. The fourth-order valence-corrected chi connectivity index (χ4v) is 3.93. The number of benzene rings is 3. The molecule has 0 fully saturated rings. The second-order valence-electron chi connectivity index (χ2n) is 7.86. The highest BCUT2D eigenvalue weighted by Gasteiger charge is 2.30. The van der Waals surface area contributed by atoms with Crippen LogP contribution in [0.1, 0.15) is 15.9 Å². The number of hydrogen-bond donors (Lipinski definition) is 2. The molecule has 0 aliphatic rings. The number of hydrogen-bond acceptors (Lipinski definition) is 6. The van der Waals surface area contributed by atoms with E-state index in [2.05, 4.69) is 25.6 Å². The monoisotopic (exact) mass is 494 g/mol. The van der Waals surface area contributed by atoms with Crippen molar-refractivity contribution in [3.8, 4) is 28.5 Å². The standard InChI is InChI=1S/C24H17F3N6O3/c25-24(26,27)13-36-23-28-19-7-3-6-18(22(34)35)20(19)33(23)12-14-8-10-15(11-9-14)16-4-1-2-5-17(16)21-29-31-32-30-21/h1-11H,12-13H2,(H,34,35)(H,29,30,31,32). The molecule has 0 radical (unpaired) electrons. The minimum absolute atomic E-state index is 0.0436. The van der Waals surface area contributed by atoms with Crippen LogP contribution in [0, 0.1) is 0 Å². The molecule has 0 saturated carbocycles. The Balaban J connectivity index is 1.52. The predicted octanol–water partition coefficient (Wildman–Crippen LogP) is 4.57. The van der Waals surface area contributed by atoms with E-state index in [4.69, 9.17) is 4.74 Å². The average Bonchev–Trinajstić information content (AvgIpc) is 3.51. The normalized spacial score (nSPS) is 11.6. The van der Waals surface area contributed by atoms with Crippen molar-refractivity contribution < 1.29 is 27.8 Å². The highest BCUT2D eigenvalue weighted by molar-refractivity contribution is 6.01. The molecule has 2 heterocycles. The lowest BCUT2D eigenvalue weighted by Crippen LogP contribution is -2.21. The number of carboxylic acids is 1. The summed E-state index contributed by atoms with van der Waals surface area (Å²) < 4.78 is 44.8. The van der Waals surface area contributed by atoms with E-state index in [1.165, 1.54) is 22.8 Å². The van der Waals surface area contributed by atoms with Crippen LogP contribution in [0.5, 0.6) is 6.01 Å². The molecule has 2 N–H and O–H groups in total. The van der Waals surface area contributed by atoms with Gasteiger partial charge in [-0.05, 0) is 39.2 Å². The maximum atomic E-state index is 12.8. The van der Waals surface area contributed by atoms with Crippen LogP contribution in [-0.2, 0) is 6.54 Å². The summed E-state index contributed by atoms with van der Waals surface area (Å²) in [4.78, 5) is 15.9. The molecular weight excluding hydrogens is 477 g/mol. The molecule has 0 amide bonds. The predicted molar refractivity (Wildman–Crippen MR) is 122 cm³/mol. The first kappa shape index (κ1) is 23.0. The number of nitrogens with one attached hydrogen (secondary N) is 1. The number of para-hydroxylation sites is 1. The molecule has 5 aromatic rings. The van der Waals surface area contributed by atoms with Gasteiger partial charge in [0.15, 0.2) is 12.4 Å². The quantitative estimate of drug-likeness (QED) is 0.340. The Hall–Kier alpha value is -4.74. The third-order valence-corrected chi connectivity index (χ3v) is 5.46. The maximum Gasteiger partial charge on any atom is 0.422 e. The Morgan fingerprint density at radius 3 is 2.42 bits per heavy atom. The largest absolute Gasteiger partial charge is 0.478 e. The second kappa shape index (κ2) is 9.13. The molecular formula is C24H17F3N6O3. The van der Waals surface area contributed by atoms with Gasteiger partial charge in [-0.15, -0.1) is 5.10 Å². The van der Waals surface area contributed by atoms with E-state index in [-0.39, 0.29) is 29.2 Å². The number of halogens is 3. The fraction of sp³-hybridized carbons (Fsp3) is 0.125. The molecule has 182 valence electrons. The number of ether oxygens (including phenoxy) is 1. The van der Waals surface area contributed by atoms with Gasteiger partial charge in [-0.3, -0.25) is 4.57 Å². The molecule has 0 aliphatic carbocycles. The number of aromatic amines is 1. The zero-order valence-electron chi connectivity index (χ0n) is 18.4. The lowest BCUT2D eigenvalue weighted by atomic mass is 9.98. The summed E-state index contributed by atoms with van der Waals surface area (Å²) in [6.07, 6.45) is -4.58. The van der Waals surface area contributed by atoms with Gasteiger partial charge >= 0.3 is 12.1 Å². The number of carboxylic acid groups (broad SMARTS) is 1. The Morgan fingerprint density at radius 2 is 1.75 bits per heavy atom. The Morgan fingerprint density at radius 1 is 1.00 bits per heavy atom. The van der Waals surface area contributed by atoms with Gasteiger partial charge in [0.1, 0.15) is 0 Å². The van der Waals surface area contributed by atoms with E-state index in [0.717, 1.165) is 16.7 Å². The van der Waals surface area contributed by atoms with Crippen LogP contribution in [0.2, 0.25) is 0 Å². The van der Waals surface area contributed by atoms with Crippen molar-refractivity contribution >= 4 is 17.0 Å². The number of H-pyrrole nitrogens is 1.